The molecule has 0 heterocycles. The zero-order chi connectivity index (χ0) is 5.54. The summed E-state index contributed by atoms with van der Waals surface area (Å²) in [6.07, 6.45) is 0.932. The van der Waals surface area contributed by atoms with Crippen LogP contribution in [0.15, 0.2) is 0 Å². The highest BCUT2D eigenvalue weighted by Gasteiger charge is 1.62. The molecule has 0 unspecified atom stereocenters. The van der Waals surface area contributed by atoms with E-state index < -0.39 is 0 Å². The van der Waals surface area contributed by atoms with E-state index in [4.69, 9.17) is 0 Å². The van der Waals surface area contributed by atoms with Gasteiger partial charge in [0.05, 0.1) is 6.54 Å². The second-order valence-corrected chi connectivity index (χ2v) is 1.13. The molecule has 39 valence electrons. The van der Waals surface area contributed by atoms with Gasteiger partial charge in [0.1, 0.15) is 0 Å². The molecule has 0 amide bonds. The van der Waals surface area contributed by atoms with Gasteiger partial charge in [-0.15, -0.1) is 5.92 Å². The molecule has 0 fully saturated rings. The van der Waals surface area contributed by atoms with Crippen LogP contribution in [0.5, 0.6) is 0 Å². The summed E-state index contributed by atoms with van der Waals surface area (Å²) in [4.78, 5) is 0. The van der Waals surface area contributed by atoms with Crippen LogP contribution in [0, 0.1) is 18.9 Å². The average molecular weight is 96.2 g/mol. The van der Waals surface area contributed by atoms with Gasteiger partial charge in [-0.05, 0) is 0 Å². The molecular formula is C6H10N. The van der Waals surface area contributed by atoms with Crippen molar-refractivity contribution in [2.45, 2.75) is 13.3 Å². The normalized spacial score (nSPS) is 7.14. The zero-order valence-corrected chi connectivity index (χ0v) is 4.62. The molecule has 0 rings (SSSR count). The molecular weight excluding hydrogens is 86.1 g/mol. The van der Waals surface area contributed by atoms with Crippen LogP contribution in [-0.4, -0.2) is 6.54 Å². The van der Waals surface area contributed by atoms with E-state index in [9.17, 15) is 0 Å². The predicted molar refractivity (Wildman–Crippen MR) is 31.4 cm³/mol. The average Bonchev–Trinajstić information content (AvgIpc) is 1.69. The van der Waals surface area contributed by atoms with Gasteiger partial charge in [-0.1, -0.05) is 12.8 Å². The Morgan fingerprint density at radius 2 is 2.29 bits per heavy atom. The Morgan fingerprint density at radius 3 is 2.71 bits per heavy atom. The van der Waals surface area contributed by atoms with E-state index >= 15 is 0 Å². The molecule has 0 atom stereocenters. The lowest BCUT2D eigenvalue weighted by molar-refractivity contribution is 1.00. The van der Waals surface area contributed by atoms with Gasteiger partial charge in [-0.3, -0.25) is 0 Å². The molecule has 1 radical (unpaired) electrons. The number of rotatable bonds is 1. The first kappa shape index (κ1) is 6.52. The van der Waals surface area contributed by atoms with Crippen molar-refractivity contribution in [2.24, 2.45) is 0 Å². The molecule has 1 nitrogen and oxygen atoms in total. The van der Waals surface area contributed by atoms with Crippen molar-refractivity contribution in [3.05, 3.63) is 7.05 Å². The Morgan fingerprint density at radius 1 is 1.57 bits per heavy atom. The predicted octanol–water partition coefficient (Wildman–Crippen LogP) is 0.781. The third-order valence-electron chi connectivity index (χ3n) is 0.515. The Balaban J connectivity index is 2.91. The summed E-state index contributed by atoms with van der Waals surface area (Å²) in [5, 5.41) is 2.68. The summed E-state index contributed by atoms with van der Waals surface area (Å²) in [5.74, 6) is 5.76. The monoisotopic (exact) mass is 96.1 g/mol. The van der Waals surface area contributed by atoms with Crippen LogP contribution in [-0.2, 0) is 0 Å². The maximum Gasteiger partial charge on any atom is 0.0576 e. The SMILES string of the molecule is [CH2]NCC#CCC. The highest BCUT2D eigenvalue weighted by Crippen LogP contribution is 1.63. The first-order valence-electron chi connectivity index (χ1n) is 2.37. The van der Waals surface area contributed by atoms with Gasteiger partial charge < -0.3 is 5.32 Å². The Kier molecular flexibility index (Phi) is 5.14. The number of hydrogen-bond acceptors (Lipinski definition) is 1. The molecule has 0 saturated carbocycles. The number of hydrogen-bond donors (Lipinski definition) is 1. The third kappa shape index (κ3) is 5.52. The molecule has 0 bridgehead atoms. The lowest BCUT2D eigenvalue weighted by atomic mass is 10.5. The Hall–Kier alpha value is -0.480. The van der Waals surface area contributed by atoms with Gasteiger partial charge in [-0.25, -0.2) is 0 Å². The molecule has 0 aliphatic heterocycles. The molecule has 7 heavy (non-hydrogen) atoms. The fourth-order valence-corrected chi connectivity index (χ4v) is 0.250. The Labute approximate surface area is 45.1 Å². The van der Waals surface area contributed by atoms with Crippen LogP contribution in [0.2, 0.25) is 0 Å². The van der Waals surface area contributed by atoms with Gasteiger partial charge in [-0.2, -0.15) is 0 Å². The van der Waals surface area contributed by atoms with Gasteiger partial charge in [0.15, 0.2) is 0 Å². The first-order valence-corrected chi connectivity index (χ1v) is 2.37. The first-order chi connectivity index (χ1) is 3.41. The van der Waals surface area contributed by atoms with Crippen LogP contribution in [0.25, 0.3) is 0 Å². The summed E-state index contributed by atoms with van der Waals surface area (Å²) >= 11 is 0. The Bertz CT molecular complexity index is 75.9. The third-order valence-corrected chi connectivity index (χ3v) is 0.515. The lowest BCUT2D eigenvalue weighted by Crippen LogP contribution is -2.00. The smallest absolute Gasteiger partial charge is 0.0576 e. The van der Waals surface area contributed by atoms with Crippen LogP contribution in [0.3, 0.4) is 0 Å². The topological polar surface area (TPSA) is 12.0 Å². The molecule has 0 aliphatic carbocycles. The van der Waals surface area contributed by atoms with E-state index in [0.29, 0.717) is 6.54 Å². The highest BCUT2D eigenvalue weighted by atomic mass is 14.8. The van der Waals surface area contributed by atoms with Crippen molar-refractivity contribution in [3.63, 3.8) is 0 Å². The van der Waals surface area contributed by atoms with E-state index in [-0.39, 0.29) is 0 Å². The maximum atomic E-state index is 3.40. The van der Waals surface area contributed by atoms with Crippen molar-refractivity contribution in [1.82, 2.24) is 5.32 Å². The van der Waals surface area contributed by atoms with E-state index in [1.165, 1.54) is 0 Å². The van der Waals surface area contributed by atoms with E-state index in [1.54, 1.807) is 0 Å². The largest absolute Gasteiger partial charge is 0.305 e. The van der Waals surface area contributed by atoms with E-state index in [0.717, 1.165) is 6.42 Å². The summed E-state index contributed by atoms with van der Waals surface area (Å²) < 4.78 is 0. The second-order valence-electron chi connectivity index (χ2n) is 1.13. The minimum Gasteiger partial charge on any atom is -0.305 e. The van der Waals surface area contributed by atoms with Crippen LogP contribution in [0.1, 0.15) is 13.3 Å². The van der Waals surface area contributed by atoms with Crippen molar-refractivity contribution >= 4 is 0 Å². The number of nitrogens with one attached hydrogen (secondary N) is 1. The van der Waals surface area contributed by atoms with Crippen LogP contribution < -0.4 is 5.32 Å². The molecule has 0 saturated heterocycles. The molecule has 1 N–H and O–H groups in total. The van der Waals surface area contributed by atoms with Gasteiger partial charge in [0, 0.05) is 13.5 Å². The van der Waals surface area contributed by atoms with Crippen molar-refractivity contribution in [1.29, 1.82) is 0 Å². The lowest BCUT2D eigenvalue weighted by Gasteiger charge is -1.79. The second kappa shape index (κ2) is 5.52. The van der Waals surface area contributed by atoms with Crippen LogP contribution in [0.4, 0.5) is 0 Å². The molecule has 0 aromatic carbocycles. The summed E-state index contributed by atoms with van der Waals surface area (Å²) in [6.45, 7) is 2.73. The van der Waals surface area contributed by atoms with Gasteiger partial charge >= 0.3 is 0 Å². The van der Waals surface area contributed by atoms with Gasteiger partial charge in [0.2, 0.25) is 0 Å². The summed E-state index contributed by atoms with van der Waals surface area (Å²) in [5.41, 5.74) is 0. The summed E-state index contributed by atoms with van der Waals surface area (Å²) in [7, 11) is 3.40. The highest BCUT2D eigenvalue weighted by molar-refractivity contribution is 4.99. The maximum absolute atomic E-state index is 3.40. The standard InChI is InChI=1S/C6H10N/c1-3-4-5-6-7-2/h7H,2-3,6H2,1H3. The minimum atomic E-state index is 0.702. The van der Waals surface area contributed by atoms with Crippen molar-refractivity contribution in [2.75, 3.05) is 6.54 Å². The molecule has 0 aliphatic rings. The van der Waals surface area contributed by atoms with Crippen molar-refractivity contribution in [3.8, 4) is 11.8 Å². The van der Waals surface area contributed by atoms with Gasteiger partial charge in [0.25, 0.3) is 0 Å². The van der Waals surface area contributed by atoms with E-state index in [1.807, 2.05) is 6.92 Å². The molecule has 1 heteroatoms. The molecule has 0 aromatic rings. The fraction of sp³-hybridized carbons (Fsp3) is 0.500. The fourth-order valence-electron chi connectivity index (χ4n) is 0.250. The molecule has 0 spiro atoms. The van der Waals surface area contributed by atoms with Crippen molar-refractivity contribution < 1.29 is 0 Å². The van der Waals surface area contributed by atoms with E-state index in [2.05, 4.69) is 24.2 Å². The molecule has 0 aromatic heterocycles. The quantitative estimate of drug-likeness (QED) is 0.476. The minimum absolute atomic E-state index is 0.702. The van der Waals surface area contributed by atoms with Crippen LogP contribution >= 0.6 is 0 Å². The summed E-state index contributed by atoms with van der Waals surface area (Å²) in [6, 6.07) is 0. The zero-order valence-electron chi connectivity index (χ0n) is 4.62.